The summed E-state index contributed by atoms with van der Waals surface area (Å²) in [7, 11) is 1.79. The van der Waals surface area contributed by atoms with E-state index in [0.717, 1.165) is 48.4 Å². The lowest BCUT2D eigenvalue weighted by atomic mass is 9.76. The van der Waals surface area contributed by atoms with E-state index in [9.17, 15) is 0 Å². The fraction of sp³-hybridized carbons (Fsp3) is 0.600. The number of rotatable bonds is 1. The van der Waals surface area contributed by atoms with Crippen LogP contribution in [-0.4, -0.2) is 18.8 Å². The first kappa shape index (κ1) is 13.2. The summed E-state index contributed by atoms with van der Waals surface area (Å²) in [6.45, 7) is 0. The predicted molar refractivity (Wildman–Crippen MR) is 75.6 cm³/mol. The van der Waals surface area contributed by atoms with Crippen molar-refractivity contribution in [2.75, 3.05) is 7.11 Å². The molecule has 3 rings (SSSR count). The highest BCUT2D eigenvalue weighted by Gasteiger charge is 2.42. The van der Waals surface area contributed by atoms with E-state index in [2.05, 4.69) is 0 Å². The molecule has 0 bridgehead atoms. The van der Waals surface area contributed by atoms with E-state index in [1.165, 1.54) is 0 Å². The minimum Gasteiger partial charge on any atom is -0.487 e. The van der Waals surface area contributed by atoms with Crippen LogP contribution in [0.1, 0.15) is 43.7 Å². The normalized spacial score (nSPS) is 33.8. The van der Waals surface area contributed by atoms with E-state index >= 15 is 0 Å². The van der Waals surface area contributed by atoms with Crippen molar-refractivity contribution in [3.05, 3.63) is 28.8 Å². The van der Waals surface area contributed by atoms with E-state index in [-0.39, 0.29) is 11.6 Å². The molecule has 3 nitrogen and oxygen atoms in total. The summed E-state index contributed by atoms with van der Waals surface area (Å²) in [6, 6.07) is 5.75. The third kappa shape index (κ3) is 2.47. The highest BCUT2D eigenvalue weighted by Crippen LogP contribution is 2.46. The minimum absolute atomic E-state index is 0.0153. The van der Waals surface area contributed by atoms with E-state index in [0.29, 0.717) is 6.10 Å². The Morgan fingerprint density at radius 2 is 2.11 bits per heavy atom. The van der Waals surface area contributed by atoms with Gasteiger partial charge in [0.1, 0.15) is 11.4 Å². The number of fused-ring (bicyclic) bond motifs is 1. The Balaban J connectivity index is 1.83. The number of hydrogen-bond acceptors (Lipinski definition) is 3. The van der Waals surface area contributed by atoms with Gasteiger partial charge in [0.2, 0.25) is 0 Å². The smallest absolute Gasteiger partial charge is 0.125 e. The zero-order valence-electron chi connectivity index (χ0n) is 11.2. The third-order valence-electron chi connectivity index (χ3n) is 4.47. The molecule has 1 heterocycles. The van der Waals surface area contributed by atoms with E-state index in [1.807, 2.05) is 18.2 Å². The minimum atomic E-state index is -0.102. The van der Waals surface area contributed by atoms with Crippen LogP contribution in [0.3, 0.4) is 0 Å². The number of benzene rings is 1. The molecule has 2 aliphatic rings. The lowest BCUT2D eigenvalue weighted by Gasteiger charge is -2.45. The molecule has 1 aromatic carbocycles. The summed E-state index contributed by atoms with van der Waals surface area (Å²) in [5.74, 6) is 0.902. The van der Waals surface area contributed by atoms with Gasteiger partial charge in [-0.3, -0.25) is 0 Å². The monoisotopic (exact) mass is 281 g/mol. The maximum atomic E-state index is 6.32. The Kier molecular flexibility index (Phi) is 3.46. The number of ether oxygens (including phenoxy) is 2. The van der Waals surface area contributed by atoms with Gasteiger partial charge in [-0.2, -0.15) is 0 Å². The van der Waals surface area contributed by atoms with Gasteiger partial charge in [-0.1, -0.05) is 11.6 Å². The summed E-state index contributed by atoms with van der Waals surface area (Å²) in [5, 5.41) is 0.719. The lowest BCUT2D eigenvalue weighted by molar-refractivity contribution is -0.0428. The van der Waals surface area contributed by atoms with Crippen LogP contribution in [0, 0.1) is 0 Å². The van der Waals surface area contributed by atoms with Gasteiger partial charge in [0.05, 0.1) is 6.10 Å². The third-order valence-corrected chi connectivity index (χ3v) is 4.70. The van der Waals surface area contributed by atoms with Crippen molar-refractivity contribution in [1.82, 2.24) is 0 Å². The van der Waals surface area contributed by atoms with E-state index in [1.54, 1.807) is 7.11 Å². The van der Waals surface area contributed by atoms with Gasteiger partial charge >= 0.3 is 0 Å². The molecular weight excluding hydrogens is 262 g/mol. The number of hydrogen-bond donors (Lipinski definition) is 1. The highest BCUT2D eigenvalue weighted by molar-refractivity contribution is 6.30. The fourth-order valence-corrected chi connectivity index (χ4v) is 3.53. The maximum absolute atomic E-state index is 6.32. The summed E-state index contributed by atoms with van der Waals surface area (Å²) in [4.78, 5) is 0. The van der Waals surface area contributed by atoms with Crippen LogP contribution in [0.15, 0.2) is 18.2 Å². The van der Waals surface area contributed by atoms with Crippen LogP contribution < -0.4 is 10.5 Å². The molecule has 1 fully saturated rings. The van der Waals surface area contributed by atoms with Crippen LogP contribution in [-0.2, 0) is 4.74 Å². The zero-order valence-corrected chi connectivity index (χ0v) is 12.0. The van der Waals surface area contributed by atoms with Crippen LogP contribution in [0.2, 0.25) is 5.02 Å². The van der Waals surface area contributed by atoms with E-state index in [4.69, 9.17) is 26.8 Å². The molecular formula is C15H20ClNO2. The van der Waals surface area contributed by atoms with Gasteiger partial charge in [0.25, 0.3) is 0 Å². The molecule has 19 heavy (non-hydrogen) atoms. The largest absolute Gasteiger partial charge is 0.487 e. The Labute approximate surface area is 119 Å². The molecule has 104 valence electrons. The second kappa shape index (κ2) is 4.97. The second-order valence-electron chi connectivity index (χ2n) is 5.71. The molecule has 0 amide bonds. The zero-order chi connectivity index (χ0) is 13.5. The molecule has 1 atom stereocenters. The Morgan fingerprint density at radius 1 is 1.37 bits per heavy atom. The molecule has 0 unspecified atom stereocenters. The highest BCUT2D eigenvalue weighted by atomic mass is 35.5. The van der Waals surface area contributed by atoms with Crippen molar-refractivity contribution < 1.29 is 9.47 Å². The van der Waals surface area contributed by atoms with Gasteiger partial charge in [-0.15, -0.1) is 0 Å². The number of nitrogens with two attached hydrogens (primary N) is 1. The second-order valence-corrected chi connectivity index (χ2v) is 6.15. The SMILES string of the molecule is COC1CCC2(CC1)C[C@H](N)c1cc(Cl)ccc1O2. The predicted octanol–water partition coefficient (Wildman–Crippen LogP) is 3.45. The molecule has 0 radical (unpaired) electrons. The van der Waals surface area contributed by atoms with Gasteiger partial charge < -0.3 is 15.2 Å². The maximum Gasteiger partial charge on any atom is 0.125 e. The van der Waals surface area contributed by atoms with Gasteiger partial charge in [-0.05, 0) is 43.9 Å². The molecule has 0 aromatic heterocycles. The Morgan fingerprint density at radius 3 is 2.79 bits per heavy atom. The molecule has 1 spiro atoms. The Hall–Kier alpha value is -0.770. The Bertz CT molecular complexity index is 469. The number of methoxy groups -OCH3 is 1. The first-order valence-electron chi connectivity index (χ1n) is 6.89. The standard InChI is InChI=1S/C15H20ClNO2/c1-18-11-4-6-15(7-5-11)9-13(17)12-8-10(16)2-3-14(12)19-15/h2-3,8,11,13H,4-7,9,17H2,1H3/t11?,13-,15?/m0/s1. The first-order valence-corrected chi connectivity index (χ1v) is 7.26. The van der Waals surface area contributed by atoms with Gasteiger partial charge in [0.15, 0.2) is 0 Å². The van der Waals surface area contributed by atoms with Crippen LogP contribution in [0.25, 0.3) is 0 Å². The van der Waals surface area contributed by atoms with Crippen molar-refractivity contribution >= 4 is 11.6 Å². The van der Waals surface area contributed by atoms with E-state index < -0.39 is 0 Å². The molecule has 4 heteroatoms. The first-order chi connectivity index (χ1) is 9.12. The summed E-state index contributed by atoms with van der Waals surface area (Å²) in [6.07, 6.45) is 5.37. The van der Waals surface area contributed by atoms with Crippen LogP contribution in [0.4, 0.5) is 0 Å². The van der Waals surface area contributed by atoms with Gasteiger partial charge in [0, 0.05) is 30.2 Å². The average molecular weight is 282 g/mol. The van der Waals surface area contributed by atoms with Crippen molar-refractivity contribution in [2.24, 2.45) is 5.73 Å². The van der Waals surface area contributed by atoms with Crippen LogP contribution in [0.5, 0.6) is 5.75 Å². The van der Waals surface area contributed by atoms with Crippen molar-refractivity contribution in [3.8, 4) is 5.75 Å². The topological polar surface area (TPSA) is 44.5 Å². The molecule has 1 aliphatic carbocycles. The van der Waals surface area contributed by atoms with Crippen molar-refractivity contribution in [2.45, 2.75) is 49.9 Å². The van der Waals surface area contributed by atoms with Crippen molar-refractivity contribution in [1.29, 1.82) is 0 Å². The number of halogens is 1. The fourth-order valence-electron chi connectivity index (χ4n) is 3.35. The summed E-state index contributed by atoms with van der Waals surface area (Å²) < 4.78 is 11.7. The molecule has 0 saturated heterocycles. The van der Waals surface area contributed by atoms with Gasteiger partial charge in [-0.25, -0.2) is 0 Å². The van der Waals surface area contributed by atoms with Crippen LogP contribution >= 0.6 is 11.6 Å². The molecule has 1 aliphatic heterocycles. The lowest BCUT2D eigenvalue weighted by Crippen LogP contribution is -2.46. The average Bonchev–Trinajstić information content (AvgIpc) is 2.41. The molecule has 1 aromatic rings. The molecule has 1 saturated carbocycles. The van der Waals surface area contributed by atoms with Crippen molar-refractivity contribution in [3.63, 3.8) is 0 Å². The summed E-state index contributed by atoms with van der Waals surface area (Å²) in [5.41, 5.74) is 7.25. The summed E-state index contributed by atoms with van der Waals surface area (Å²) >= 11 is 6.03. The molecule has 2 N–H and O–H groups in total. The quantitative estimate of drug-likeness (QED) is 0.857.